The average molecular weight is 550 g/mol. The molecule has 3 heterocycles. The molecule has 4 atom stereocenters. The molecule has 3 fully saturated rings. The van der Waals surface area contributed by atoms with E-state index < -0.39 is 35.0 Å². The van der Waals surface area contributed by atoms with Crippen LogP contribution in [0.15, 0.2) is 48.8 Å². The van der Waals surface area contributed by atoms with Gasteiger partial charge in [-0.2, -0.15) is 0 Å². The van der Waals surface area contributed by atoms with Gasteiger partial charge in [-0.05, 0) is 62.3 Å². The van der Waals surface area contributed by atoms with Crippen LogP contribution in [0.1, 0.15) is 61.6 Å². The number of carbonyl (C=O) groups is 2. The first-order valence-corrected chi connectivity index (χ1v) is 14.0. The highest BCUT2D eigenvalue weighted by Gasteiger charge is 2.49. The van der Waals surface area contributed by atoms with Crippen molar-refractivity contribution in [2.75, 3.05) is 13.1 Å². The highest BCUT2D eigenvalue weighted by molar-refractivity contribution is 5.93. The minimum Gasteiger partial charge on any atom is -0.347 e. The molecule has 2 amide bonds. The highest BCUT2D eigenvalue weighted by Crippen LogP contribution is 2.45. The van der Waals surface area contributed by atoms with Crippen molar-refractivity contribution in [3.8, 4) is 5.69 Å². The lowest BCUT2D eigenvalue weighted by atomic mass is 9.88. The SMILES string of the molecule is CC1CCCC1N1CC[C@@H](NC(=O)c2cn(-c3ccc(F)cc3F)nn2)[C@H](C(=O)NC2(c3ccccn3)CC2)C1. The number of hydrogen-bond donors (Lipinski definition) is 2. The van der Waals surface area contributed by atoms with E-state index in [0.717, 1.165) is 48.3 Å². The number of carbonyl (C=O) groups excluding carboxylic acids is 2. The van der Waals surface area contributed by atoms with Gasteiger partial charge < -0.3 is 10.6 Å². The van der Waals surface area contributed by atoms with E-state index in [2.05, 4.69) is 37.8 Å². The van der Waals surface area contributed by atoms with Crippen molar-refractivity contribution in [2.24, 2.45) is 11.8 Å². The van der Waals surface area contributed by atoms with E-state index in [0.29, 0.717) is 24.9 Å². The van der Waals surface area contributed by atoms with Gasteiger partial charge in [0.1, 0.15) is 11.5 Å². The highest BCUT2D eigenvalue weighted by atomic mass is 19.1. The molecular formula is C29H33F2N7O2. The second-order valence-electron chi connectivity index (χ2n) is 11.4. The van der Waals surface area contributed by atoms with Crippen LogP contribution in [0.5, 0.6) is 0 Å². The maximum atomic E-state index is 14.2. The predicted molar refractivity (Wildman–Crippen MR) is 142 cm³/mol. The van der Waals surface area contributed by atoms with Gasteiger partial charge in [0.25, 0.3) is 5.91 Å². The van der Waals surface area contributed by atoms with Crippen LogP contribution in [0.2, 0.25) is 0 Å². The van der Waals surface area contributed by atoms with Gasteiger partial charge in [0.05, 0.1) is 23.3 Å². The third-order valence-electron chi connectivity index (χ3n) is 8.73. The molecule has 2 aliphatic carbocycles. The zero-order valence-electron chi connectivity index (χ0n) is 22.4. The first-order chi connectivity index (χ1) is 19.3. The Labute approximate surface area is 231 Å². The number of halogens is 2. The van der Waals surface area contributed by atoms with E-state index >= 15 is 0 Å². The molecule has 9 nitrogen and oxygen atoms in total. The Balaban J connectivity index is 1.20. The minimum absolute atomic E-state index is 0.0122. The largest absolute Gasteiger partial charge is 0.347 e. The molecule has 0 spiro atoms. The van der Waals surface area contributed by atoms with Crippen molar-refractivity contribution in [3.05, 3.63) is 71.8 Å². The predicted octanol–water partition coefficient (Wildman–Crippen LogP) is 3.35. The number of benzene rings is 1. The summed E-state index contributed by atoms with van der Waals surface area (Å²) in [5.41, 5.74) is 0.360. The standard InChI is InChI=1S/C29H33F2N7O2/c1-18-5-4-6-24(18)37-14-10-22(20(16-37)27(39)34-29(11-12-29)26-7-2-3-13-32-26)33-28(40)23-17-38(36-35-23)25-9-8-19(30)15-21(25)31/h2-3,7-9,13,15,17-18,20,22,24H,4-6,10-12,14,16H2,1H3,(H,33,40)(H,34,39)/t18?,20-,22-,24?/m1/s1. The summed E-state index contributed by atoms with van der Waals surface area (Å²) < 4.78 is 28.7. The molecule has 2 unspecified atom stereocenters. The van der Waals surface area contributed by atoms with Gasteiger partial charge in [0.15, 0.2) is 11.5 Å². The molecule has 2 N–H and O–H groups in total. The quantitative estimate of drug-likeness (QED) is 0.469. The fraction of sp³-hybridized carbons (Fsp3) is 0.483. The number of pyridine rings is 1. The monoisotopic (exact) mass is 549 g/mol. The van der Waals surface area contributed by atoms with Crippen molar-refractivity contribution < 1.29 is 18.4 Å². The maximum Gasteiger partial charge on any atom is 0.273 e. The Morgan fingerprint density at radius 1 is 1.10 bits per heavy atom. The van der Waals surface area contributed by atoms with Crippen molar-refractivity contribution in [3.63, 3.8) is 0 Å². The number of nitrogens with one attached hydrogen (secondary N) is 2. The number of likely N-dealkylation sites (tertiary alicyclic amines) is 1. The zero-order chi connectivity index (χ0) is 27.9. The third-order valence-corrected chi connectivity index (χ3v) is 8.73. The Morgan fingerprint density at radius 2 is 1.95 bits per heavy atom. The van der Waals surface area contributed by atoms with E-state index in [1.165, 1.54) is 25.1 Å². The fourth-order valence-electron chi connectivity index (χ4n) is 6.32. The molecule has 1 saturated heterocycles. The molecular weight excluding hydrogens is 516 g/mol. The number of aromatic nitrogens is 4. The first kappa shape index (κ1) is 26.5. The molecule has 11 heteroatoms. The molecule has 40 heavy (non-hydrogen) atoms. The Kier molecular flexibility index (Phi) is 7.07. The van der Waals surface area contributed by atoms with Crippen LogP contribution in [0, 0.1) is 23.5 Å². The van der Waals surface area contributed by atoms with E-state index in [9.17, 15) is 18.4 Å². The number of piperidine rings is 1. The van der Waals surface area contributed by atoms with Gasteiger partial charge in [0, 0.05) is 37.4 Å². The van der Waals surface area contributed by atoms with Gasteiger partial charge in [-0.1, -0.05) is 24.6 Å². The smallest absolute Gasteiger partial charge is 0.273 e. The second-order valence-corrected chi connectivity index (χ2v) is 11.4. The Bertz CT molecular complexity index is 1390. The summed E-state index contributed by atoms with van der Waals surface area (Å²) in [6.45, 7) is 3.61. The Morgan fingerprint density at radius 3 is 2.65 bits per heavy atom. The van der Waals surface area contributed by atoms with Gasteiger partial charge in [-0.15, -0.1) is 5.10 Å². The number of amides is 2. The molecule has 6 rings (SSSR count). The normalized spacial score (nSPS) is 25.9. The molecule has 3 aromatic rings. The molecule has 210 valence electrons. The average Bonchev–Trinajstić information content (AvgIpc) is 3.34. The van der Waals surface area contributed by atoms with Gasteiger partial charge >= 0.3 is 0 Å². The Hall–Kier alpha value is -3.73. The van der Waals surface area contributed by atoms with Crippen LogP contribution in [0.25, 0.3) is 5.69 Å². The molecule has 1 aliphatic heterocycles. The summed E-state index contributed by atoms with van der Waals surface area (Å²) in [7, 11) is 0. The maximum absolute atomic E-state index is 14.2. The topological polar surface area (TPSA) is 105 Å². The number of hydrogen-bond acceptors (Lipinski definition) is 6. The molecule has 0 radical (unpaired) electrons. The van der Waals surface area contributed by atoms with Crippen LogP contribution < -0.4 is 10.6 Å². The summed E-state index contributed by atoms with van der Waals surface area (Å²) in [5, 5.41) is 14.0. The lowest BCUT2D eigenvalue weighted by molar-refractivity contribution is -0.129. The molecule has 3 aliphatic rings. The van der Waals surface area contributed by atoms with Crippen LogP contribution in [0.4, 0.5) is 8.78 Å². The van der Waals surface area contributed by atoms with Gasteiger partial charge in [-0.25, -0.2) is 13.5 Å². The fourth-order valence-corrected chi connectivity index (χ4v) is 6.32. The lowest BCUT2D eigenvalue weighted by Crippen LogP contribution is -2.58. The van der Waals surface area contributed by atoms with Crippen LogP contribution in [0.3, 0.4) is 0 Å². The molecule has 2 aromatic heterocycles. The second kappa shape index (κ2) is 10.7. The van der Waals surface area contributed by atoms with Gasteiger partial charge in [0.2, 0.25) is 5.91 Å². The lowest BCUT2D eigenvalue weighted by Gasteiger charge is -2.42. The van der Waals surface area contributed by atoms with Crippen molar-refractivity contribution >= 4 is 11.8 Å². The van der Waals surface area contributed by atoms with Crippen molar-refractivity contribution in [2.45, 2.75) is 63.1 Å². The molecule has 1 aromatic carbocycles. The van der Waals surface area contributed by atoms with E-state index in [1.807, 2.05) is 18.2 Å². The number of rotatable bonds is 7. The van der Waals surface area contributed by atoms with Crippen LogP contribution in [-0.4, -0.2) is 61.9 Å². The zero-order valence-corrected chi connectivity index (χ0v) is 22.4. The van der Waals surface area contributed by atoms with Crippen molar-refractivity contribution in [1.82, 2.24) is 35.5 Å². The van der Waals surface area contributed by atoms with E-state index in [1.54, 1.807) is 6.20 Å². The van der Waals surface area contributed by atoms with Crippen LogP contribution in [-0.2, 0) is 10.3 Å². The summed E-state index contributed by atoms with van der Waals surface area (Å²) in [5.74, 6) is -2.01. The summed E-state index contributed by atoms with van der Waals surface area (Å²) >= 11 is 0. The van der Waals surface area contributed by atoms with Crippen LogP contribution >= 0.6 is 0 Å². The van der Waals surface area contributed by atoms with E-state index in [4.69, 9.17) is 0 Å². The van der Waals surface area contributed by atoms with Crippen molar-refractivity contribution in [1.29, 1.82) is 0 Å². The minimum atomic E-state index is -0.816. The molecule has 2 saturated carbocycles. The summed E-state index contributed by atoms with van der Waals surface area (Å²) in [6, 6.07) is 8.83. The summed E-state index contributed by atoms with van der Waals surface area (Å²) in [6.07, 6.45) is 8.79. The number of nitrogens with zero attached hydrogens (tertiary/aromatic N) is 5. The first-order valence-electron chi connectivity index (χ1n) is 14.0. The third kappa shape index (κ3) is 5.22. The van der Waals surface area contributed by atoms with E-state index in [-0.39, 0.29) is 17.3 Å². The summed E-state index contributed by atoms with van der Waals surface area (Å²) in [4.78, 5) is 34.0. The van der Waals surface area contributed by atoms with Gasteiger partial charge in [-0.3, -0.25) is 19.5 Å². The molecule has 0 bridgehead atoms.